The number of fused-ring (bicyclic) bond motifs is 3. The van der Waals surface area contributed by atoms with Crippen molar-refractivity contribution in [2.45, 2.75) is 25.6 Å². The number of rotatable bonds is 5. The van der Waals surface area contributed by atoms with Crippen LogP contribution in [0.4, 0.5) is 0 Å². The zero-order valence-electron chi connectivity index (χ0n) is 16.5. The van der Waals surface area contributed by atoms with E-state index in [0.717, 1.165) is 48.1 Å². The quantitative estimate of drug-likeness (QED) is 0.344. The standard InChI is InChI=1S/C25H22O5/c26-25-22-9-7-20(29-18-10-12-27-13-11-18)14-23(22)21-8-6-19(15-24(21)30-25)28-16-17-4-2-1-3-5-17/h1-9,14-15,18H,10-13,16H2. The molecule has 0 amide bonds. The minimum absolute atomic E-state index is 0.139. The fourth-order valence-corrected chi connectivity index (χ4v) is 3.78. The Morgan fingerprint density at radius 2 is 1.60 bits per heavy atom. The van der Waals surface area contributed by atoms with Gasteiger partial charge in [-0.05, 0) is 35.9 Å². The Labute approximate surface area is 173 Å². The van der Waals surface area contributed by atoms with Crippen LogP contribution in [0.15, 0.2) is 75.9 Å². The first-order valence-electron chi connectivity index (χ1n) is 10.2. The molecule has 1 aliphatic rings. The molecule has 1 aliphatic heterocycles. The molecular weight excluding hydrogens is 380 g/mol. The molecule has 0 aliphatic carbocycles. The molecule has 5 heteroatoms. The van der Waals surface area contributed by atoms with Crippen molar-refractivity contribution in [3.05, 3.63) is 82.7 Å². The van der Waals surface area contributed by atoms with Crippen molar-refractivity contribution in [2.24, 2.45) is 0 Å². The van der Waals surface area contributed by atoms with Crippen molar-refractivity contribution in [1.82, 2.24) is 0 Å². The van der Waals surface area contributed by atoms with Gasteiger partial charge in [0.25, 0.3) is 0 Å². The molecule has 1 fully saturated rings. The van der Waals surface area contributed by atoms with Gasteiger partial charge < -0.3 is 18.6 Å². The summed E-state index contributed by atoms with van der Waals surface area (Å²) in [6.45, 7) is 1.89. The van der Waals surface area contributed by atoms with Gasteiger partial charge in [0.05, 0.1) is 18.6 Å². The number of benzene rings is 3. The Hall–Kier alpha value is -3.31. The van der Waals surface area contributed by atoms with E-state index in [4.69, 9.17) is 18.6 Å². The topological polar surface area (TPSA) is 57.9 Å². The number of hydrogen-bond acceptors (Lipinski definition) is 5. The van der Waals surface area contributed by atoms with Crippen LogP contribution in [0.2, 0.25) is 0 Å². The van der Waals surface area contributed by atoms with Crippen LogP contribution in [0.1, 0.15) is 18.4 Å². The molecule has 5 nitrogen and oxygen atoms in total. The molecule has 3 aromatic carbocycles. The molecule has 0 N–H and O–H groups in total. The van der Waals surface area contributed by atoms with E-state index in [1.807, 2.05) is 54.6 Å². The molecule has 0 atom stereocenters. The van der Waals surface area contributed by atoms with Crippen LogP contribution in [0.5, 0.6) is 11.5 Å². The monoisotopic (exact) mass is 402 g/mol. The van der Waals surface area contributed by atoms with Crippen LogP contribution in [-0.2, 0) is 11.3 Å². The molecule has 4 aromatic rings. The summed E-state index contributed by atoms with van der Waals surface area (Å²) in [6, 6.07) is 21.1. The molecule has 30 heavy (non-hydrogen) atoms. The SMILES string of the molecule is O=c1oc2cc(OCc3ccccc3)ccc2c2cc(OC3CCOCC3)ccc12. The van der Waals surface area contributed by atoms with Gasteiger partial charge >= 0.3 is 5.63 Å². The summed E-state index contributed by atoms with van der Waals surface area (Å²) in [4.78, 5) is 12.5. The molecule has 0 saturated carbocycles. The maximum absolute atomic E-state index is 12.5. The Bertz CT molecular complexity index is 1220. The molecule has 0 spiro atoms. The first-order chi connectivity index (χ1) is 14.8. The third-order valence-electron chi connectivity index (χ3n) is 5.38. The van der Waals surface area contributed by atoms with Crippen molar-refractivity contribution in [3.8, 4) is 11.5 Å². The minimum atomic E-state index is -0.365. The van der Waals surface area contributed by atoms with Gasteiger partial charge in [0, 0.05) is 29.7 Å². The second-order valence-corrected chi connectivity index (χ2v) is 7.46. The lowest BCUT2D eigenvalue weighted by Gasteiger charge is -2.23. The van der Waals surface area contributed by atoms with Crippen molar-refractivity contribution < 1.29 is 18.6 Å². The van der Waals surface area contributed by atoms with Gasteiger partial charge in [0.1, 0.15) is 29.8 Å². The van der Waals surface area contributed by atoms with Crippen molar-refractivity contribution >= 4 is 21.7 Å². The predicted octanol–water partition coefficient (Wildman–Crippen LogP) is 5.08. The van der Waals surface area contributed by atoms with Crippen LogP contribution in [0, 0.1) is 0 Å². The molecule has 0 unspecified atom stereocenters. The summed E-state index contributed by atoms with van der Waals surface area (Å²) in [5.74, 6) is 1.41. The van der Waals surface area contributed by atoms with Gasteiger partial charge in [0.15, 0.2) is 0 Å². The Kier molecular flexibility index (Phi) is 5.11. The Morgan fingerprint density at radius 3 is 2.43 bits per heavy atom. The van der Waals surface area contributed by atoms with Crippen molar-refractivity contribution in [3.63, 3.8) is 0 Å². The highest BCUT2D eigenvalue weighted by Crippen LogP contribution is 2.30. The van der Waals surface area contributed by atoms with Crippen LogP contribution in [0.3, 0.4) is 0 Å². The summed E-state index contributed by atoms with van der Waals surface area (Å²) in [5, 5.41) is 2.22. The third kappa shape index (κ3) is 3.89. The summed E-state index contributed by atoms with van der Waals surface area (Å²) in [7, 11) is 0. The smallest absolute Gasteiger partial charge is 0.344 e. The first kappa shape index (κ1) is 18.7. The average Bonchev–Trinajstić information content (AvgIpc) is 2.79. The van der Waals surface area contributed by atoms with Gasteiger partial charge in [-0.2, -0.15) is 0 Å². The van der Waals surface area contributed by atoms with Crippen LogP contribution >= 0.6 is 0 Å². The summed E-state index contributed by atoms with van der Waals surface area (Å²) in [5.41, 5.74) is 1.21. The van der Waals surface area contributed by atoms with Gasteiger partial charge in [0.2, 0.25) is 0 Å². The van der Waals surface area contributed by atoms with Gasteiger partial charge in [-0.1, -0.05) is 30.3 Å². The number of ether oxygens (including phenoxy) is 3. The van der Waals surface area contributed by atoms with E-state index in [1.54, 1.807) is 12.1 Å². The summed E-state index contributed by atoms with van der Waals surface area (Å²) < 4.78 is 23.0. The molecule has 1 aromatic heterocycles. The van der Waals surface area contributed by atoms with E-state index < -0.39 is 0 Å². The molecular formula is C25H22O5. The maximum atomic E-state index is 12.5. The Balaban J connectivity index is 1.46. The zero-order chi connectivity index (χ0) is 20.3. The second-order valence-electron chi connectivity index (χ2n) is 7.46. The highest BCUT2D eigenvalue weighted by molar-refractivity contribution is 6.05. The molecule has 2 heterocycles. The van der Waals surface area contributed by atoms with E-state index in [9.17, 15) is 4.79 Å². The summed E-state index contributed by atoms with van der Waals surface area (Å²) >= 11 is 0. The Morgan fingerprint density at radius 1 is 0.833 bits per heavy atom. The van der Waals surface area contributed by atoms with E-state index in [-0.39, 0.29) is 11.7 Å². The minimum Gasteiger partial charge on any atom is -0.490 e. The van der Waals surface area contributed by atoms with Crippen LogP contribution in [0.25, 0.3) is 21.7 Å². The lowest BCUT2D eigenvalue weighted by molar-refractivity contribution is 0.0256. The van der Waals surface area contributed by atoms with Crippen LogP contribution < -0.4 is 15.1 Å². The van der Waals surface area contributed by atoms with E-state index in [1.165, 1.54) is 0 Å². The molecule has 152 valence electrons. The second kappa shape index (κ2) is 8.20. The fraction of sp³-hybridized carbons (Fsp3) is 0.240. The largest absolute Gasteiger partial charge is 0.490 e. The predicted molar refractivity (Wildman–Crippen MR) is 115 cm³/mol. The van der Waals surface area contributed by atoms with E-state index in [2.05, 4.69) is 0 Å². The average molecular weight is 402 g/mol. The molecule has 0 bridgehead atoms. The van der Waals surface area contributed by atoms with Gasteiger partial charge in [-0.3, -0.25) is 0 Å². The first-order valence-corrected chi connectivity index (χ1v) is 10.2. The molecule has 0 radical (unpaired) electrons. The van der Waals surface area contributed by atoms with Crippen LogP contribution in [-0.4, -0.2) is 19.3 Å². The highest BCUT2D eigenvalue weighted by atomic mass is 16.5. The van der Waals surface area contributed by atoms with Gasteiger partial charge in [-0.15, -0.1) is 0 Å². The van der Waals surface area contributed by atoms with Crippen molar-refractivity contribution in [1.29, 1.82) is 0 Å². The lowest BCUT2D eigenvalue weighted by Crippen LogP contribution is -2.25. The maximum Gasteiger partial charge on any atom is 0.344 e. The van der Waals surface area contributed by atoms with E-state index >= 15 is 0 Å². The highest BCUT2D eigenvalue weighted by Gasteiger charge is 2.16. The molecule has 1 saturated heterocycles. The fourth-order valence-electron chi connectivity index (χ4n) is 3.78. The van der Waals surface area contributed by atoms with Crippen molar-refractivity contribution in [2.75, 3.05) is 13.2 Å². The normalized spacial score (nSPS) is 14.8. The molecule has 5 rings (SSSR count). The van der Waals surface area contributed by atoms with Gasteiger partial charge in [-0.25, -0.2) is 4.79 Å². The third-order valence-corrected chi connectivity index (χ3v) is 5.38. The zero-order valence-corrected chi connectivity index (χ0v) is 16.5. The van der Waals surface area contributed by atoms with E-state index in [0.29, 0.717) is 23.3 Å². The summed E-state index contributed by atoms with van der Waals surface area (Å²) in [6.07, 6.45) is 1.89. The number of hydrogen-bond donors (Lipinski definition) is 0. The lowest BCUT2D eigenvalue weighted by atomic mass is 10.1.